The first-order valence-corrected chi connectivity index (χ1v) is 7.84. The average molecular weight is 306 g/mol. The van der Waals surface area contributed by atoms with Crippen molar-refractivity contribution in [2.45, 2.75) is 16.7 Å². The summed E-state index contributed by atoms with van der Waals surface area (Å²) in [5, 5.41) is 19.5. The van der Waals surface area contributed by atoms with E-state index >= 15 is 0 Å². The van der Waals surface area contributed by atoms with Crippen molar-refractivity contribution in [1.82, 2.24) is 0 Å². The highest BCUT2D eigenvalue weighted by Crippen LogP contribution is 2.31. The minimum absolute atomic E-state index is 0.162. The number of halogens is 1. The summed E-state index contributed by atoms with van der Waals surface area (Å²) < 4.78 is 13.0. The Morgan fingerprint density at radius 1 is 0.905 bits per heavy atom. The van der Waals surface area contributed by atoms with Crippen molar-refractivity contribution in [3.05, 3.63) is 66.0 Å². The largest absolute Gasteiger partial charge is 0.395 e. The van der Waals surface area contributed by atoms with Gasteiger partial charge in [-0.3, -0.25) is 0 Å². The minimum atomic E-state index is -0.727. The van der Waals surface area contributed by atoms with Crippen molar-refractivity contribution >= 4 is 11.8 Å². The van der Waals surface area contributed by atoms with Crippen LogP contribution in [0.25, 0.3) is 0 Å². The molecule has 2 rings (SSSR count). The van der Waals surface area contributed by atoms with Gasteiger partial charge in [0.05, 0.1) is 13.2 Å². The Labute approximate surface area is 128 Å². The molecule has 0 radical (unpaired) electrons. The molecule has 2 N–H and O–H groups in total. The molecule has 0 amide bonds. The van der Waals surface area contributed by atoms with Crippen molar-refractivity contribution in [2.75, 3.05) is 19.0 Å². The second-order valence-electron chi connectivity index (χ2n) is 5.01. The highest BCUT2D eigenvalue weighted by atomic mass is 32.2. The third kappa shape index (κ3) is 4.06. The van der Waals surface area contributed by atoms with E-state index in [-0.39, 0.29) is 19.0 Å². The van der Waals surface area contributed by atoms with Crippen molar-refractivity contribution < 1.29 is 14.6 Å². The Morgan fingerprint density at radius 2 is 1.52 bits per heavy atom. The van der Waals surface area contributed by atoms with Gasteiger partial charge in [0.2, 0.25) is 0 Å². The zero-order valence-electron chi connectivity index (χ0n) is 11.7. The van der Waals surface area contributed by atoms with Crippen LogP contribution in [0.2, 0.25) is 0 Å². The van der Waals surface area contributed by atoms with Gasteiger partial charge >= 0.3 is 0 Å². The van der Waals surface area contributed by atoms with Crippen LogP contribution in [-0.2, 0) is 5.41 Å². The molecule has 0 saturated heterocycles. The number of rotatable bonds is 7. The molecule has 0 unspecified atom stereocenters. The Kier molecular flexibility index (Phi) is 5.79. The lowest BCUT2D eigenvalue weighted by atomic mass is 9.79. The van der Waals surface area contributed by atoms with Gasteiger partial charge in [0.15, 0.2) is 0 Å². The molecule has 0 aliphatic heterocycles. The predicted octanol–water partition coefficient (Wildman–Crippen LogP) is 3.23. The third-order valence-corrected chi connectivity index (χ3v) is 4.67. The number of aliphatic hydroxyl groups excluding tert-OH is 2. The molecular weight excluding hydrogens is 287 g/mol. The van der Waals surface area contributed by atoms with Crippen molar-refractivity contribution in [1.29, 1.82) is 0 Å². The van der Waals surface area contributed by atoms with E-state index in [0.717, 1.165) is 16.2 Å². The van der Waals surface area contributed by atoms with Gasteiger partial charge in [-0.05, 0) is 42.0 Å². The smallest absolute Gasteiger partial charge is 0.123 e. The van der Waals surface area contributed by atoms with E-state index < -0.39 is 5.41 Å². The summed E-state index contributed by atoms with van der Waals surface area (Å²) in [5.74, 6) is 0.449. The summed E-state index contributed by atoms with van der Waals surface area (Å²) in [6.07, 6.45) is 0.616. The molecule has 0 aliphatic rings. The van der Waals surface area contributed by atoms with Gasteiger partial charge in [-0.2, -0.15) is 0 Å². The van der Waals surface area contributed by atoms with Gasteiger partial charge in [0.25, 0.3) is 0 Å². The van der Waals surface area contributed by atoms with Gasteiger partial charge in [0.1, 0.15) is 5.82 Å². The van der Waals surface area contributed by atoms with Crippen molar-refractivity contribution in [3.63, 3.8) is 0 Å². The van der Waals surface area contributed by atoms with Crippen LogP contribution < -0.4 is 0 Å². The van der Waals surface area contributed by atoms with Crippen LogP contribution in [-0.4, -0.2) is 29.2 Å². The first-order valence-electron chi connectivity index (χ1n) is 6.86. The van der Waals surface area contributed by atoms with Crippen molar-refractivity contribution in [3.8, 4) is 0 Å². The molecule has 0 aliphatic carbocycles. The summed E-state index contributed by atoms with van der Waals surface area (Å²) in [6, 6.07) is 16.0. The molecular formula is C17H19FO2S. The highest BCUT2D eigenvalue weighted by molar-refractivity contribution is 7.99. The number of thioether (sulfide) groups is 1. The SMILES string of the molecule is OCC(CO)(CCSc1ccccc1)c1ccc(F)cc1. The quantitative estimate of drug-likeness (QED) is 0.772. The molecule has 4 heteroatoms. The molecule has 0 saturated carbocycles. The Hall–Kier alpha value is -1.36. The molecule has 0 aromatic heterocycles. The number of hydrogen-bond donors (Lipinski definition) is 2. The Balaban J connectivity index is 2.06. The second-order valence-corrected chi connectivity index (χ2v) is 6.18. The summed E-state index contributed by atoms with van der Waals surface area (Å²) >= 11 is 1.68. The monoisotopic (exact) mass is 306 g/mol. The van der Waals surface area contributed by atoms with Gasteiger partial charge in [-0.1, -0.05) is 30.3 Å². The van der Waals surface area contributed by atoms with Crippen LogP contribution >= 0.6 is 11.8 Å². The highest BCUT2D eigenvalue weighted by Gasteiger charge is 2.30. The lowest BCUT2D eigenvalue weighted by molar-refractivity contribution is 0.114. The van der Waals surface area contributed by atoms with E-state index in [1.165, 1.54) is 12.1 Å². The molecule has 0 fully saturated rings. The fourth-order valence-corrected chi connectivity index (χ4v) is 3.30. The maximum atomic E-state index is 13.0. The van der Waals surface area contributed by atoms with Gasteiger partial charge in [-0.25, -0.2) is 4.39 Å². The fourth-order valence-electron chi connectivity index (χ4n) is 2.22. The zero-order valence-corrected chi connectivity index (χ0v) is 12.5. The summed E-state index contributed by atoms with van der Waals surface area (Å²) in [7, 11) is 0. The fraction of sp³-hybridized carbons (Fsp3) is 0.294. The lowest BCUT2D eigenvalue weighted by Crippen LogP contribution is -2.35. The summed E-state index contributed by atoms with van der Waals surface area (Å²) in [6.45, 7) is -0.324. The van der Waals surface area contributed by atoms with E-state index in [9.17, 15) is 14.6 Å². The maximum absolute atomic E-state index is 13.0. The first-order chi connectivity index (χ1) is 10.2. The van der Waals surface area contributed by atoms with E-state index in [0.29, 0.717) is 6.42 Å². The topological polar surface area (TPSA) is 40.5 Å². The lowest BCUT2D eigenvalue weighted by Gasteiger charge is -2.30. The van der Waals surface area contributed by atoms with Crippen LogP contribution in [0.15, 0.2) is 59.5 Å². The average Bonchev–Trinajstić information content (AvgIpc) is 2.54. The molecule has 0 heterocycles. The molecule has 21 heavy (non-hydrogen) atoms. The summed E-state index contributed by atoms with van der Waals surface area (Å²) in [5.41, 5.74) is 0.0396. The normalized spacial score (nSPS) is 11.6. The number of aliphatic hydroxyl groups is 2. The predicted molar refractivity (Wildman–Crippen MR) is 84.0 cm³/mol. The summed E-state index contributed by atoms with van der Waals surface area (Å²) in [4.78, 5) is 1.15. The van der Waals surface area contributed by atoms with E-state index in [1.807, 2.05) is 30.3 Å². The standard InChI is InChI=1S/C17H19FO2S/c18-15-8-6-14(7-9-15)17(12-19,13-20)10-11-21-16-4-2-1-3-5-16/h1-9,19-20H,10-13H2. The van der Waals surface area contributed by atoms with E-state index in [1.54, 1.807) is 23.9 Å². The zero-order chi connectivity index (χ0) is 15.1. The molecule has 2 nitrogen and oxygen atoms in total. The number of hydrogen-bond acceptors (Lipinski definition) is 3. The van der Waals surface area contributed by atoms with Crippen LogP contribution in [0, 0.1) is 5.82 Å². The van der Waals surface area contributed by atoms with E-state index in [4.69, 9.17) is 0 Å². The molecule has 2 aromatic carbocycles. The molecule has 0 atom stereocenters. The minimum Gasteiger partial charge on any atom is -0.395 e. The van der Waals surface area contributed by atoms with Crippen LogP contribution in [0.1, 0.15) is 12.0 Å². The maximum Gasteiger partial charge on any atom is 0.123 e. The van der Waals surface area contributed by atoms with Crippen LogP contribution in [0.5, 0.6) is 0 Å². The first kappa shape index (κ1) is 16.0. The second kappa shape index (κ2) is 7.59. The van der Waals surface area contributed by atoms with Crippen LogP contribution in [0.3, 0.4) is 0 Å². The van der Waals surface area contributed by atoms with Crippen molar-refractivity contribution in [2.24, 2.45) is 0 Å². The third-order valence-electron chi connectivity index (χ3n) is 3.65. The van der Waals surface area contributed by atoms with Crippen LogP contribution in [0.4, 0.5) is 4.39 Å². The molecule has 112 valence electrons. The molecule has 0 spiro atoms. The van der Waals surface area contributed by atoms with Gasteiger partial charge in [0, 0.05) is 10.3 Å². The Morgan fingerprint density at radius 3 is 2.10 bits per heavy atom. The van der Waals surface area contributed by atoms with E-state index in [2.05, 4.69) is 0 Å². The van der Waals surface area contributed by atoms with Gasteiger partial charge < -0.3 is 10.2 Å². The van der Waals surface area contributed by atoms with Gasteiger partial charge in [-0.15, -0.1) is 11.8 Å². The number of benzene rings is 2. The Bertz CT molecular complexity index is 538. The molecule has 2 aromatic rings. The molecule has 0 bridgehead atoms.